The monoisotopic (exact) mass is 703 g/mol. The fraction of sp³-hybridized carbons (Fsp3) is 0.0392. The molecule has 0 saturated carbocycles. The molecule has 10 aromatic rings. The van der Waals surface area contributed by atoms with Crippen LogP contribution in [0.4, 0.5) is 0 Å². The summed E-state index contributed by atoms with van der Waals surface area (Å²) in [6.45, 7) is 0. The van der Waals surface area contributed by atoms with E-state index in [1.165, 1.54) is 22.3 Å². The molecule has 258 valence electrons. The van der Waals surface area contributed by atoms with E-state index in [1.807, 2.05) is 24.4 Å². The van der Waals surface area contributed by atoms with Crippen LogP contribution in [0.3, 0.4) is 0 Å². The first kappa shape index (κ1) is 31.4. The number of hydrogen-bond donors (Lipinski definition) is 0. The van der Waals surface area contributed by atoms with Crippen molar-refractivity contribution in [3.63, 3.8) is 0 Å². The first-order valence-electron chi connectivity index (χ1n) is 18.8. The van der Waals surface area contributed by atoms with Gasteiger partial charge in [0, 0.05) is 49.6 Å². The highest BCUT2D eigenvalue weighted by Gasteiger charge is 2.18. The zero-order valence-corrected chi connectivity index (χ0v) is 29.9. The summed E-state index contributed by atoms with van der Waals surface area (Å²) in [6.07, 6.45) is 10.6. The molecule has 4 heterocycles. The number of aryl methyl sites for hydroxylation is 1. The number of allylic oxidation sites excluding steroid dienone is 3. The number of para-hydroxylation sites is 2. The van der Waals surface area contributed by atoms with Crippen molar-refractivity contribution in [2.45, 2.75) is 12.8 Å². The second-order valence-corrected chi connectivity index (χ2v) is 14.3. The first-order chi connectivity index (χ1) is 27.2. The van der Waals surface area contributed by atoms with Crippen LogP contribution in [-0.2, 0) is 6.42 Å². The molecule has 0 unspecified atom stereocenters. The summed E-state index contributed by atoms with van der Waals surface area (Å²) in [6, 6.07) is 53.0. The number of aromatic nitrogens is 3. The summed E-state index contributed by atoms with van der Waals surface area (Å²) < 4.78 is 6.54. The van der Waals surface area contributed by atoms with E-state index in [0.717, 1.165) is 101 Å². The summed E-state index contributed by atoms with van der Waals surface area (Å²) in [4.78, 5) is 15.4. The molecule has 0 spiro atoms. The van der Waals surface area contributed by atoms with Gasteiger partial charge in [0.2, 0.25) is 0 Å². The molecule has 0 amide bonds. The Bertz CT molecular complexity index is 3190. The summed E-state index contributed by atoms with van der Waals surface area (Å²) in [5.41, 5.74) is 14.6. The zero-order valence-electron chi connectivity index (χ0n) is 29.9. The average molecular weight is 704 g/mol. The number of rotatable bonds is 4. The molecule has 4 aromatic heterocycles. The standard InChI is InChI=1S/C51H33N3O/c1-2-10-32(11-3-1)33-12-9-17-39-34(21-20-33)22-23-35-24-29-46(54-49(35)39)45-28-25-38(31-52-45)36-13-8-14-37(30-36)50-43-27-26-41-40-15-5-7-19-47(40)55-51(41)48(43)42-16-4-6-18-44(42)53-50/h1-8,10-16,18-31H,9,17H2. The predicted molar refractivity (Wildman–Crippen MR) is 228 cm³/mol. The molecule has 4 heteroatoms. The molecule has 4 nitrogen and oxygen atoms in total. The summed E-state index contributed by atoms with van der Waals surface area (Å²) in [5.74, 6) is 0. The molecule has 0 radical (unpaired) electrons. The lowest BCUT2D eigenvalue weighted by atomic mass is 9.93. The Morgan fingerprint density at radius 2 is 1.31 bits per heavy atom. The maximum Gasteiger partial charge on any atom is 0.144 e. The predicted octanol–water partition coefficient (Wildman–Crippen LogP) is 13.3. The molecule has 0 bridgehead atoms. The molecular formula is C51H33N3O. The number of fused-ring (bicyclic) bond motifs is 10. The second-order valence-electron chi connectivity index (χ2n) is 14.3. The smallest absolute Gasteiger partial charge is 0.144 e. The van der Waals surface area contributed by atoms with Gasteiger partial charge in [-0.05, 0) is 77.1 Å². The van der Waals surface area contributed by atoms with Gasteiger partial charge in [-0.1, -0.05) is 133 Å². The maximum absolute atomic E-state index is 6.54. The Balaban J connectivity index is 0.950. The third-order valence-corrected chi connectivity index (χ3v) is 11.0. The molecule has 1 aliphatic carbocycles. The van der Waals surface area contributed by atoms with Crippen LogP contribution in [0.2, 0.25) is 0 Å². The summed E-state index contributed by atoms with van der Waals surface area (Å²) in [5, 5.41) is 6.62. The average Bonchev–Trinajstić information content (AvgIpc) is 3.63. The van der Waals surface area contributed by atoms with Crippen molar-refractivity contribution >= 4 is 66.2 Å². The van der Waals surface area contributed by atoms with Crippen molar-refractivity contribution in [1.29, 1.82) is 0 Å². The lowest BCUT2D eigenvalue weighted by Gasteiger charge is -2.14. The number of hydrogen-bond acceptors (Lipinski definition) is 4. The highest BCUT2D eigenvalue weighted by molar-refractivity contribution is 6.24. The minimum absolute atomic E-state index is 0.851. The first-order valence-corrected chi connectivity index (χ1v) is 18.8. The van der Waals surface area contributed by atoms with Crippen LogP contribution in [0.25, 0.3) is 99.9 Å². The van der Waals surface area contributed by atoms with Crippen molar-refractivity contribution in [1.82, 2.24) is 15.0 Å². The van der Waals surface area contributed by atoms with Gasteiger partial charge in [-0.3, -0.25) is 4.98 Å². The highest BCUT2D eigenvalue weighted by Crippen LogP contribution is 2.41. The molecule has 0 fully saturated rings. The van der Waals surface area contributed by atoms with Crippen LogP contribution in [0.1, 0.15) is 23.1 Å². The molecule has 0 saturated heterocycles. The molecule has 6 aromatic carbocycles. The van der Waals surface area contributed by atoms with Crippen LogP contribution >= 0.6 is 0 Å². The van der Waals surface area contributed by atoms with Crippen LogP contribution < -0.4 is 0 Å². The van der Waals surface area contributed by atoms with E-state index in [1.54, 1.807) is 0 Å². The number of furan rings is 1. The highest BCUT2D eigenvalue weighted by atomic mass is 16.3. The van der Waals surface area contributed by atoms with Gasteiger partial charge in [-0.2, -0.15) is 0 Å². The van der Waals surface area contributed by atoms with E-state index < -0.39 is 0 Å². The van der Waals surface area contributed by atoms with Crippen LogP contribution in [0.5, 0.6) is 0 Å². The van der Waals surface area contributed by atoms with Crippen molar-refractivity contribution in [2.75, 3.05) is 0 Å². The fourth-order valence-electron chi connectivity index (χ4n) is 8.29. The Kier molecular flexibility index (Phi) is 7.27. The van der Waals surface area contributed by atoms with E-state index >= 15 is 0 Å². The van der Waals surface area contributed by atoms with Gasteiger partial charge in [0.05, 0.1) is 28.1 Å². The van der Waals surface area contributed by atoms with Gasteiger partial charge < -0.3 is 4.42 Å². The van der Waals surface area contributed by atoms with Gasteiger partial charge in [-0.25, -0.2) is 9.97 Å². The molecule has 1 aliphatic rings. The fourth-order valence-corrected chi connectivity index (χ4v) is 8.29. The SMILES string of the molecule is C1=Cc2ccc3ccc(-c4ccc(-c5cccc(-c6nc7ccccc7c7c6ccc6c8ccccc8oc67)c5)cn4)nc3c2CCC=C1c1ccccc1. The molecular weight excluding hydrogens is 671 g/mol. The minimum Gasteiger partial charge on any atom is -0.455 e. The van der Waals surface area contributed by atoms with Crippen molar-refractivity contribution < 1.29 is 4.42 Å². The van der Waals surface area contributed by atoms with Gasteiger partial charge in [-0.15, -0.1) is 0 Å². The largest absolute Gasteiger partial charge is 0.455 e. The van der Waals surface area contributed by atoms with Gasteiger partial charge in [0.25, 0.3) is 0 Å². The number of nitrogens with zero attached hydrogens (tertiary/aromatic N) is 3. The molecule has 0 aliphatic heterocycles. The van der Waals surface area contributed by atoms with Crippen LogP contribution in [0, 0.1) is 0 Å². The number of benzene rings is 6. The lowest BCUT2D eigenvalue weighted by Crippen LogP contribution is -1.98. The Hall–Kier alpha value is -7.17. The normalized spacial score (nSPS) is 13.0. The van der Waals surface area contributed by atoms with E-state index in [0.29, 0.717) is 0 Å². The van der Waals surface area contributed by atoms with E-state index in [4.69, 9.17) is 19.4 Å². The third kappa shape index (κ3) is 5.33. The minimum atomic E-state index is 0.851. The maximum atomic E-state index is 6.54. The number of pyridine rings is 3. The summed E-state index contributed by atoms with van der Waals surface area (Å²) in [7, 11) is 0. The van der Waals surface area contributed by atoms with Crippen LogP contribution in [0.15, 0.2) is 174 Å². The van der Waals surface area contributed by atoms with Gasteiger partial charge in [0.15, 0.2) is 0 Å². The Morgan fingerprint density at radius 1 is 0.527 bits per heavy atom. The van der Waals surface area contributed by atoms with Crippen LogP contribution in [-0.4, -0.2) is 15.0 Å². The van der Waals surface area contributed by atoms with Gasteiger partial charge >= 0.3 is 0 Å². The van der Waals surface area contributed by atoms with Crippen molar-refractivity contribution in [3.05, 3.63) is 187 Å². The summed E-state index contributed by atoms with van der Waals surface area (Å²) >= 11 is 0. The van der Waals surface area contributed by atoms with E-state index in [-0.39, 0.29) is 0 Å². The van der Waals surface area contributed by atoms with Crippen molar-refractivity contribution in [3.8, 4) is 33.8 Å². The van der Waals surface area contributed by atoms with Gasteiger partial charge in [0.1, 0.15) is 11.2 Å². The van der Waals surface area contributed by atoms with Crippen molar-refractivity contribution in [2.24, 2.45) is 0 Å². The quantitative estimate of drug-likeness (QED) is 0.171. The lowest BCUT2D eigenvalue weighted by molar-refractivity contribution is 0.673. The van der Waals surface area contributed by atoms with E-state index in [2.05, 4.69) is 152 Å². The third-order valence-electron chi connectivity index (χ3n) is 11.0. The molecule has 55 heavy (non-hydrogen) atoms. The molecule has 0 N–H and O–H groups in total. The Labute approximate surface area is 317 Å². The molecule has 11 rings (SSSR count). The molecule has 0 atom stereocenters. The zero-order chi connectivity index (χ0) is 36.3. The second kappa shape index (κ2) is 12.8. The topological polar surface area (TPSA) is 51.8 Å². The van der Waals surface area contributed by atoms with E-state index in [9.17, 15) is 0 Å². The Morgan fingerprint density at radius 3 is 2.22 bits per heavy atom.